The number of ether oxygens (including phenoxy) is 1. The number of methoxy groups -OCH3 is 1. The molecular weight excluding hydrogens is 535 g/mol. The van der Waals surface area contributed by atoms with Gasteiger partial charge in [0.1, 0.15) is 5.75 Å². The number of nitrogens with zero attached hydrogens (tertiary/aromatic N) is 3. The molecule has 0 saturated carbocycles. The van der Waals surface area contributed by atoms with Gasteiger partial charge in [0.2, 0.25) is 0 Å². The molecule has 32 heavy (non-hydrogen) atoms. The highest BCUT2D eigenvalue weighted by atomic mass is 79.9. The van der Waals surface area contributed by atoms with Crippen LogP contribution in [-0.4, -0.2) is 22.8 Å². The normalized spacial score (nSPS) is 10.9. The zero-order chi connectivity index (χ0) is 23.0. The van der Waals surface area contributed by atoms with E-state index in [9.17, 15) is 4.79 Å². The number of carbonyl (C=O) groups excluding carboxylic acids is 1. The molecule has 0 unspecified atom stereocenters. The van der Waals surface area contributed by atoms with Crippen LogP contribution in [0.25, 0.3) is 16.3 Å². The van der Waals surface area contributed by atoms with Crippen molar-refractivity contribution in [3.8, 4) is 22.0 Å². The van der Waals surface area contributed by atoms with Crippen LogP contribution in [0.3, 0.4) is 0 Å². The standard InChI is InChI=1S/C22H17BrCl2N4O2S/c1-12-20(22(30)28(26)14-4-6-15(31-2)7-5-14)27-29(17-8-3-13(24)11-16(17)25)21(12)18-9-10-19(23)32-18/h3-11H,26H2,1-2H3. The maximum Gasteiger partial charge on any atom is 0.293 e. The summed E-state index contributed by atoms with van der Waals surface area (Å²) in [6.07, 6.45) is 0. The number of thiophene rings is 1. The highest BCUT2D eigenvalue weighted by Crippen LogP contribution is 2.37. The number of nitrogens with two attached hydrogens (primary N) is 1. The molecule has 164 valence electrons. The predicted octanol–water partition coefficient (Wildman–Crippen LogP) is 6.51. The Morgan fingerprint density at radius 3 is 2.47 bits per heavy atom. The van der Waals surface area contributed by atoms with Gasteiger partial charge in [-0.05, 0) is 77.5 Å². The monoisotopic (exact) mass is 550 g/mol. The van der Waals surface area contributed by atoms with Crippen LogP contribution in [0, 0.1) is 6.92 Å². The number of halogens is 3. The Hall–Kier alpha value is -2.36. The Balaban J connectivity index is 1.84. The van der Waals surface area contributed by atoms with E-state index in [2.05, 4.69) is 21.0 Å². The molecule has 6 nitrogen and oxygen atoms in total. The van der Waals surface area contributed by atoms with Gasteiger partial charge in [-0.15, -0.1) is 11.3 Å². The van der Waals surface area contributed by atoms with Gasteiger partial charge >= 0.3 is 0 Å². The Kier molecular flexibility index (Phi) is 6.60. The minimum atomic E-state index is -0.451. The molecule has 2 heterocycles. The third-order valence-electron chi connectivity index (χ3n) is 4.84. The maximum absolute atomic E-state index is 13.3. The van der Waals surface area contributed by atoms with E-state index >= 15 is 0 Å². The third kappa shape index (κ3) is 4.29. The van der Waals surface area contributed by atoms with Crippen molar-refractivity contribution in [3.63, 3.8) is 0 Å². The Bertz CT molecular complexity index is 1300. The molecule has 2 aromatic heterocycles. The molecule has 0 aliphatic carbocycles. The fourth-order valence-corrected chi connectivity index (χ4v) is 5.19. The third-order valence-corrected chi connectivity index (χ3v) is 7.01. The minimum Gasteiger partial charge on any atom is -0.497 e. The number of hydrogen-bond donors (Lipinski definition) is 1. The van der Waals surface area contributed by atoms with E-state index < -0.39 is 5.91 Å². The second-order valence-corrected chi connectivity index (χ2v) is 10.1. The SMILES string of the molecule is COc1ccc(N(N)C(=O)c2nn(-c3ccc(Cl)cc3Cl)c(-c3ccc(Br)s3)c2C)cc1. The smallest absolute Gasteiger partial charge is 0.293 e. The number of rotatable bonds is 5. The first-order valence-corrected chi connectivity index (χ1v) is 11.7. The lowest BCUT2D eigenvalue weighted by molar-refractivity contribution is 0.0981. The molecule has 4 aromatic rings. The highest BCUT2D eigenvalue weighted by molar-refractivity contribution is 9.11. The molecule has 1 amide bonds. The summed E-state index contributed by atoms with van der Waals surface area (Å²) in [7, 11) is 1.57. The largest absolute Gasteiger partial charge is 0.497 e. The first-order chi connectivity index (χ1) is 15.3. The van der Waals surface area contributed by atoms with Gasteiger partial charge in [0, 0.05) is 10.6 Å². The molecule has 0 aliphatic rings. The van der Waals surface area contributed by atoms with Gasteiger partial charge in [-0.3, -0.25) is 4.79 Å². The quantitative estimate of drug-likeness (QED) is 0.174. The fraction of sp³-hybridized carbons (Fsp3) is 0.0909. The van der Waals surface area contributed by atoms with E-state index in [0.29, 0.717) is 32.7 Å². The molecule has 0 saturated heterocycles. The van der Waals surface area contributed by atoms with Crippen LogP contribution < -0.4 is 15.6 Å². The predicted molar refractivity (Wildman–Crippen MR) is 133 cm³/mol. The van der Waals surface area contributed by atoms with Gasteiger partial charge in [-0.1, -0.05) is 23.2 Å². The Labute approximate surface area is 207 Å². The lowest BCUT2D eigenvalue weighted by atomic mass is 10.1. The van der Waals surface area contributed by atoms with Crippen molar-refractivity contribution in [2.24, 2.45) is 5.84 Å². The molecular formula is C22H17BrCl2N4O2S. The summed E-state index contributed by atoms with van der Waals surface area (Å²) in [6.45, 7) is 1.84. The van der Waals surface area contributed by atoms with E-state index in [1.54, 1.807) is 54.3 Å². The molecule has 4 rings (SSSR count). The van der Waals surface area contributed by atoms with Crippen LogP contribution in [0.5, 0.6) is 5.75 Å². The molecule has 10 heteroatoms. The summed E-state index contributed by atoms with van der Waals surface area (Å²) in [5.74, 6) is 6.38. The van der Waals surface area contributed by atoms with E-state index in [1.807, 2.05) is 19.1 Å². The van der Waals surface area contributed by atoms with Crippen LogP contribution in [-0.2, 0) is 0 Å². The lowest BCUT2D eigenvalue weighted by Crippen LogP contribution is -2.38. The van der Waals surface area contributed by atoms with Gasteiger partial charge in [0.15, 0.2) is 5.69 Å². The van der Waals surface area contributed by atoms with Gasteiger partial charge in [0.05, 0.1) is 37.9 Å². The molecule has 2 aromatic carbocycles. The number of anilines is 1. The average Bonchev–Trinajstić information content (AvgIpc) is 3.35. The molecule has 2 N–H and O–H groups in total. The summed E-state index contributed by atoms with van der Waals surface area (Å²) in [4.78, 5) is 14.2. The molecule has 0 bridgehead atoms. The number of benzene rings is 2. The van der Waals surface area contributed by atoms with Crippen molar-refractivity contribution in [1.29, 1.82) is 0 Å². The van der Waals surface area contributed by atoms with E-state index in [1.165, 1.54) is 11.3 Å². The summed E-state index contributed by atoms with van der Waals surface area (Å²) in [5.41, 5.74) is 2.75. The van der Waals surface area contributed by atoms with Crippen molar-refractivity contribution in [2.75, 3.05) is 12.1 Å². The molecule has 0 atom stereocenters. The molecule has 0 aliphatic heterocycles. The first kappa shape index (κ1) is 22.8. The lowest BCUT2D eigenvalue weighted by Gasteiger charge is -2.16. The summed E-state index contributed by atoms with van der Waals surface area (Å²) >= 11 is 17.6. The number of aromatic nitrogens is 2. The minimum absolute atomic E-state index is 0.217. The second-order valence-electron chi connectivity index (χ2n) is 6.81. The maximum atomic E-state index is 13.3. The first-order valence-electron chi connectivity index (χ1n) is 9.34. The number of amides is 1. The fourth-order valence-electron chi connectivity index (χ4n) is 3.23. The Morgan fingerprint density at radius 1 is 1.16 bits per heavy atom. The molecule has 0 radical (unpaired) electrons. The van der Waals surface area contributed by atoms with E-state index in [-0.39, 0.29) is 5.69 Å². The number of hydrazine groups is 1. The van der Waals surface area contributed by atoms with Crippen molar-refractivity contribution >= 4 is 62.1 Å². The topological polar surface area (TPSA) is 73.4 Å². The van der Waals surface area contributed by atoms with Crippen LogP contribution in [0.4, 0.5) is 5.69 Å². The van der Waals surface area contributed by atoms with Crippen molar-refractivity contribution < 1.29 is 9.53 Å². The van der Waals surface area contributed by atoms with Crippen LogP contribution >= 0.6 is 50.5 Å². The summed E-state index contributed by atoms with van der Waals surface area (Å²) in [5, 5.41) is 6.61. The summed E-state index contributed by atoms with van der Waals surface area (Å²) in [6, 6.07) is 15.9. The average molecular weight is 552 g/mol. The molecule has 0 fully saturated rings. The van der Waals surface area contributed by atoms with Crippen molar-refractivity contribution in [1.82, 2.24) is 9.78 Å². The van der Waals surface area contributed by atoms with E-state index in [0.717, 1.165) is 19.4 Å². The van der Waals surface area contributed by atoms with Crippen LogP contribution in [0.2, 0.25) is 10.0 Å². The second kappa shape index (κ2) is 9.25. The zero-order valence-electron chi connectivity index (χ0n) is 17.0. The zero-order valence-corrected chi connectivity index (χ0v) is 20.9. The molecule has 0 spiro atoms. The van der Waals surface area contributed by atoms with Crippen molar-refractivity contribution in [3.05, 3.63) is 79.7 Å². The van der Waals surface area contributed by atoms with Crippen LogP contribution in [0.15, 0.2) is 58.4 Å². The van der Waals surface area contributed by atoms with E-state index in [4.69, 9.17) is 33.8 Å². The highest BCUT2D eigenvalue weighted by Gasteiger charge is 2.27. The van der Waals surface area contributed by atoms with Crippen LogP contribution in [0.1, 0.15) is 16.1 Å². The van der Waals surface area contributed by atoms with Gasteiger partial charge in [0.25, 0.3) is 5.91 Å². The summed E-state index contributed by atoms with van der Waals surface area (Å²) < 4.78 is 7.77. The Morgan fingerprint density at radius 2 is 1.88 bits per heavy atom. The van der Waals surface area contributed by atoms with Crippen molar-refractivity contribution in [2.45, 2.75) is 6.92 Å². The van der Waals surface area contributed by atoms with Gasteiger partial charge in [-0.2, -0.15) is 5.10 Å². The number of hydrogen-bond acceptors (Lipinski definition) is 5. The van der Waals surface area contributed by atoms with Gasteiger partial charge in [-0.25, -0.2) is 15.5 Å². The number of carbonyl (C=O) groups is 1. The van der Waals surface area contributed by atoms with Gasteiger partial charge < -0.3 is 4.74 Å².